The Morgan fingerprint density at radius 2 is 2.00 bits per heavy atom. The number of hydrogen-bond donors (Lipinski definition) is 1. The van der Waals surface area contributed by atoms with Crippen LogP contribution in [0.4, 0.5) is 5.95 Å². The van der Waals surface area contributed by atoms with E-state index in [1.165, 1.54) is 0 Å². The Morgan fingerprint density at radius 1 is 1.25 bits per heavy atom. The zero-order valence-electron chi connectivity index (χ0n) is 14.9. The summed E-state index contributed by atoms with van der Waals surface area (Å²) in [7, 11) is 0. The molecule has 1 amide bonds. The second-order valence-electron chi connectivity index (χ2n) is 7.16. The molecule has 0 radical (unpaired) electrons. The fourth-order valence-corrected chi connectivity index (χ4v) is 4.08. The minimum Gasteiger partial charge on any atom is -0.368 e. The number of piperidine rings is 2. The summed E-state index contributed by atoms with van der Waals surface area (Å²) in [6, 6.07) is 0.262. The molecule has 1 aromatic rings. The fraction of sp³-hybridized carbons (Fsp3) is 0.824. The summed E-state index contributed by atoms with van der Waals surface area (Å²) in [5.74, 6) is 1.72. The standard InChI is InChI=1S/C17H30N6O/c1-3-8-21-9-4-5-14(12-21)16(24)22-10-6-15(7-11-22)23-17(18)19-13(2)20-23/h14-15H,3-12H2,1-2H3,(H2,18,19,20). The highest BCUT2D eigenvalue weighted by Crippen LogP contribution is 2.26. The van der Waals surface area contributed by atoms with E-state index in [9.17, 15) is 4.79 Å². The van der Waals surface area contributed by atoms with Crippen molar-refractivity contribution in [1.29, 1.82) is 0 Å². The summed E-state index contributed by atoms with van der Waals surface area (Å²) in [6.07, 6.45) is 5.15. The van der Waals surface area contributed by atoms with Gasteiger partial charge in [0, 0.05) is 19.6 Å². The molecule has 2 N–H and O–H groups in total. The molecule has 3 rings (SSSR count). The maximum Gasteiger partial charge on any atom is 0.226 e. The highest BCUT2D eigenvalue weighted by atomic mass is 16.2. The van der Waals surface area contributed by atoms with Crippen molar-refractivity contribution in [3.8, 4) is 0 Å². The van der Waals surface area contributed by atoms with E-state index in [-0.39, 0.29) is 12.0 Å². The number of hydrogen-bond acceptors (Lipinski definition) is 5. The Labute approximate surface area is 144 Å². The van der Waals surface area contributed by atoms with Gasteiger partial charge in [-0.25, -0.2) is 4.68 Å². The average Bonchev–Trinajstić information content (AvgIpc) is 2.93. The van der Waals surface area contributed by atoms with Crippen molar-refractivity contribution in [2.75, 3.05) is 38.5 Å². The van der Waals surface area contributed by atoms with E-state index < -0.39 is 0 Å². The van der Waals surface area contributed by atoms with Crippen LogP contribution in [-0.4, -0.2) is 63.2 Å². The number of amides is 1. The van der Waals surface area contributed by atoms with E-state index in [1.807, 2.05) is 11.6 Å². The normalized spacial score (nSPS) is 23.6. The maximum absolute atomic E-state index is 12.9. The molecule has 7 nitrogen and oxygen atoms in total. The van der Waals surface area contributed by atoms with E-state index in [1.54, 1.807) is 0 Å². The zero-order valence-corrected chi connectivity index (χ0v) is 14.9. The molecule has 1 atom stereocenters. The van der Waals surface area contributed by atoms with Crippen molar-refractivity contribution in [3.63, 3.8) is 0 Å². The molecule has 2 aliphatic heterocycles. The Morgan fingerprint density at radius 3 is 2.62 bits per heavy atom. The summed E-state index contributed by atoms with van der Waals surface area (Å²) in [6.45, 7) is 8.84. The van der Waals surface area contributed by atoms with Crippen molar-refractivity contribution >= 4 is 11.9 Å². The number of nitrogens with zero attached hydrogens (tertiary/aromatic N) is 5. The first-order valence-corrected chi connectivity index (χ1v) is 9.28. The van der Waals surface area contributed by atoms with E-state index >= 15 is 0 Å². The van der Waals surface area contributed by atoms with Gasteiger partial charge in [0.25, 0.3) is 0 Å². The minimum atomic E-state index is 0.181. The van der Waals surface area contributed by atoms with Crippen molar-refractivity contribution in [3.05, 3.63) is 5.82 Å². The molecular weight excluding hydrogens is 304 g/mol. The van der Waals surface area contributed by atoms with E-state index in [0.29, 0.717) is 17.7 Å². The molecule has 2 aliphatic rings. The van der Waals surface area contributed by atoms with Crippen LogP contribution in [0.3, 0.4) is 0 Å². The summed E-state index contributed by atoms with van der Waals surface area (Å²) in [5.41, 5.74) is 5.93. The maximum atomic E-state index is 12.9. The Bertz CT molecular complexity index is 561. The number of anilines is 1. The fourth-order valence-electron chi connectivity index (χ4n) is 4.08. The first-order valence-electron chi connectivity index (χ1n) is 9.28. The van der Waals surface area contributed by atoms with Crippen LogP contribution in [0.5, 0.6) is 0 Å². The number of nitrogen functional groups attached to an aromatic ring is 1. The average molecular weight is 334 g/mol. The van der Waals surface area contributed by atoms with Crippen LogP contribution in [0, 0.1) is 12.8 Å². The number of rotatable bonds is 4. The summed E-state index contributed by atoms with van der Waals surface area (Å²) < 4.78 is 1.83. The molecule has 7 heteroatoms. The Kier molecular flexibility index (Phi) is 5.38. The monoisotopic (exact) mass is 334 g/mol. The number of aryl methyl sites for hydroxylation is 1. The molecule has 3 heterocycles. The van der Waals surface area contributed by atoms with Gasteiger partial charge in [0.1, 0.15) is 5.82 Å². The number of carbonyl (C=O) groups is 1. The quantitative estimate of drug-likeness (QED) is 0.901. The van der Waals surface area contributed by atoms with Crippen molar-refractivity contribution in [1.82, 2.24) is 24.6 Å². The first kappa shape index (κ1) is 17.2. The van der Waals surface area contributed by atoms with Crippen molar-refractivity contribution in [2.45, 2.75) is 52.0 Å². The number of carbonyl (C=O) groups excluding carboxylic acids is 1. The molecule has 2 saturated heterocycles. The predicted molar refractivity (Wildman–Crippen MR) is 93.5 cm³/mol. The van der Waals surface area contributed by atoms with Crippen LogP contribution in [0.1, 0.15) is 50.9 Å². The smallest absolute Gasteiger partial charge is 0.226 e. The molecule has 134 valence electrons. The van der Waals surface area contributed by atoms with Crippen LogP contribution >= 0.6 is 0 Å². The van der Waals surface area contributed by atoms with Gasteiger partial charge in [-0.05, 0) is 52.1 Å². The molecule has 2 fully saturated rings. The van der Waals surface area contributed by atoms with Crippen LogP contribution in [-0.2, 0) is 4.79 Å². The third-order valence-electron chi connectivity index (χ3n) is 5.28. The van der Waals surface area contributed by atoms with Crippen LogP contribution < -0.4 is 5.73 Å². The molecule has 24 heavy (non-hydrogen) atoms. The highest BCUT2D eigenvalue weighted by molar-refractivity contribution is 5.79. The van der Waals surface area contributed by atoms with Gasteiger partial charge in [0.2, 0.25) is 11.9 Å². The molecule has 0 spiro atoms. The lowest BCUT2D eigenvalue weighted by molar-refractivity contribution is -0.138. The summed E-state index contributed by atoms with van der Waals surface area (Å²) in [4.78, 5) is 21.5. The van der Waals surface area contributed by atoms with Crippen molar-refractivity contribution < 1.29 is 4.79 Å². The number of likely N-dealkylation sites (tertiary alicyclic amines) is 2. The molecule has 0 aliphatic carbocycles. The number of nitrogens with two attached hydrogens (primary N) is 1. The van der Waals surface area contributed by atoms with Gasteiger partial charge in [-0.15, -0.1) is 0 Å². The second-order valence-corrected chi connectivity index (χ2v) is 7.16. The van der Waals surface area contributed by atoms with Crippen LogP contribution in [0.2, 0.25) is 0 Å². The molecule has 1 aromatic heterocycles. The van der Waals surface area contributed by atoms with Gasteiger partial charge < -0.3 is 15.5 Å². The van der Waals surface area contributed by atoms with Gasteiger partial charge in [-0.1, -0.05) is 6.92 Å². The Balaban J connectivity index is 1.54. The Hall–Kier alpha value is -1.63. The van der Waals surface area contributed by atoms with Gasteiger partial charge in [-0.2, -0.15) is 10.1 Å². The molecular formula is C17H30N6O. The van der Waals surface area contributed by atoms with E-state index in [4.69, 9.17) is 5.73 Å². The highest BCUT2D eigenvalue weighted by Gasteiger charge is 2.32. The lowest BCUT2D eigenvalue weighted by Crippen LogP contribution is -2.47. The van der Waals surface area contributed by atoms with Crippen molar-refractivity contribution in [2.24, 2.45) is 5.92 Å². The summed E-state index contributed by atoms with van der Waals surface area (Å²) >= 11 is 0. The van der Waals surface area contributed by atoms with Gasteiger partial charge in [0.05, 0.1) is 12.0 Å². The van der Waals surface area contributed by atoms with Gasteiger partial charge in [-0.3, -0.25) is 4.79 Å². The predicted octanol–water partition coefficient (Wildman–Crippen LogP) is 1.45. The van der Waals surface area contributed by atoms with Crippen LogP contribution in [0.15, 0.2) is 0 Å². The lowest BCUT2D eigenvalue weighted by Gasteiger charge is -2.37. The lowest BCUT2D eigenvalue weighted by atomic mass is 9.95. The molecule has 0 bridgehead atoms. The number of aromatic nitrogens is 3. The van der Waals surface area contributed by atoms with E-state index in [2.05, 4.69) is 26.8 Å². The zero-order chi connectivity index (χ0) is 17.1. The summed E-state index contributed by atoms with van der Waals surface area (Å²) in [5, 5.41) is 4.39. The first-order chi connectivity index (χ1) is 11.6. The third-order valence-corrected chi connectivity index (χ3v) is 5.28. The second kappa shape index (κ2) is 7.51. The molecule has 0 saturated carbocycles. The molecule has 0 aromatic carbocycles. The largest absolute Gasteiger partial charge is 0.368 e. The van der Waals surface area contributed by atoms with E-state index in [0.717, 1.165) is 64.8 Å². The third kappa shape index (κ3) is 3.71. The minimum absolute atomic E-state index is 0.181. The van der Waals surface area contributed by atoms with Gasteiger partial charge >= 0.3 is 0 Å². The van der Waals surface area contributed by atoms with Crippen LogP contribution in [0.25, 0.3) is 0 Å². The SMILES string of the molecule is CCCN1CCCC(C(=O)N2CCC(n3nc(C)nc3N)CC2)C1. The topological polar surface area (TPSA) is 80.3 Å². The molecule has 1 unspecified atom stereocenters. The van der Waals surface area contributed by atoms with Gasteiger partial charge in [0.15, 0.2) is 0 Å².